The van der Waals surface area contributed by atoms with Crippen molar-refractivity contribution in [1.29, 1.82) is 0 Å². The van der Waals surface area contributed by atoms with Crippen LogP contribution < -0.4 is 20.3 Å². The van der Waals surface area contributed by atoms with Crippen molar-refractivity contribution in [2.24, 2.45) is 0 Å². The Morgan fingerprint density at radius 2 is 1.46 bits per heavy atom. The van der Waals surface area contributed by atoms with Gasteiger partial charge < -0.3 is 9.47 Å². The standard InChI is InChI=1S/C22H28N2O4/c1-6-20(28-18-10-7-14(2)8-11-18)22(26)24-23-21(25)17(5)27-19-12-9-15(3)16(4)13-19/h7-13,17,20H,6H2,1-5H3,(H,23,25)(H,24,26). The molecule has 150 valence electrons. The number of nitrogens with one attached hydrogen (secondary N) is 2. The Labute approximate surface area is 166 Å². The van der Waals surface area contributed by atoms with Crippen LogP contribution in [-0.4, -0.2) is 24.0 Å². The summed E-state index contributed by atoms with van der Waals surface area (Å²) in [4.78, 5) is 24.5. The lowest BCUT2D eigenvalue weighted by Gasteiger charge is -2.19. The first kappa shape index (κ1) is 21.3. The molecule has 2 N–H and O–H groups in total. The average Bonchev–Trinajstić information content (AvgIpc) is 2.68. The molecule has 0 aliphatic rings. The minimum Gasteiger partial charge on any atom is -0.481 e. The van der Waals surface area contributed by atoms with Gasteiger partial charge in [0.2, 0.25) is 0 Å². The molecule has 2 amide bonds. The lowest BCUT2D eigenvalue weighted by atomic mass is 10.1. The zero-order chi connectivity index (χ0) is 20.7. The van der Waals surface area contributed by atoms with E-state index in [-0.39, 0.29) is 0 Å². The van der Waals surface area contributed by atoms with Crippen LogP contribution in [0.15, 0.2) is 42.5 Å². The third-order valence-electron chi connectivity index (χ3n) is 4.43. The Kier molecular flexibility index (Phi) is 7.44. The zero-order valence-electron chi connectivity index (χ0n) is 17.0. The molecule has 0 spiro atoms. The molecule has 0 bridgehead atoms. The third kappa shape index (κ3) is 6.01. The highest BCUT2D eigenvalue weighted by Gasteiger charge is 2.21. The van der Waals surface area contributed by atoms with Crippen LogP contribution in [0.2, 0.25) is 0 Å². The van der Waals surface area contributed by atoms with Gasteiger partial charge in [-0.1, -0.05) is 30.7 Å². The van der Waals surface area contributed by atoms with Gasteiger partial charge in [0.1, 0.15) is 11.5 Å². The van der Waals surface area contributed by atoms with E-state index in [2.05, 4.69) is 10.9 Å². The summed E-state index contributed by atoms with van der Waals surface area (Å²) in [5.74, 6) is 0.336. The number of amides is 2. The van der Waals surface area contributed by atoms with Gasteiger partial charge in [-0.05, 0) is 69.5 Å². The summed E-state index contributed by atoms with van der Waals surface area (Å²) >= 11 is 0. The summed E-state index contributed by atoms with van der Waals surface area (Å²) in [6.45, 7) is 9.42. The number of hydrogen-bond acceptors (Lipinski definition) is 4. The molecule has 2 atom stereocenters. The summed E-state index contributed by atoms with van der Waals surface area (Å²) in [7, 11) is 0. The molecule has 2 rings (SSSR count). The van der Waals surface area contributed by atoms with E-state index < -0.39 is 24.0 Å². The van der Waals surface area contributed by atoms with E-state index in [1.807, 2.05) is 70.2 Å². The number of benzene rings is 2. The first-order chi connectivity index (χ1) is 13.3. The van der Waals surface area contributed by atoms with Gasteiger partial charge in [-0.2, -0.15) is 0 Å². The smallest absolute Gasteiger partial charge is 0.279 e. The maximum Gasteiger partial charge on any atom is 0.279 e. The summed E-state index contributed by atoms with van der Waals surface area (Å²) in [5, 5.41) is 0. The van der Waals surface area contributed by atoms with Crippen molar-refractivity contribution < 1.29 is 19.1 Å². The fraction of sp³-hybridized carbons (Fsp3) is 0.364. The Morgan fingerprint density at radius 3 is 2.07 bits per heavy atom. The van der Waals surface area contributed by atoms with Gasteiger partial charge >= 0.3 is 0 Å². The van der Waals surface area contributed by atoms with Crippen molar-refractivity contribution in [2.75, 3.05) is 0 Å². The fourth-order valence-electron chi connectivity index (χ4n) is 2.45. The van der Waals surface area contributed by atoms with Crippen LogP contribution in [0.5, 0.6) is 11.5 Å². The molecule has 0 radical (unpaired) electrons. The topological polar surface area (TPSA) is 76.7 Å². The minimum absolute atomic E-state index is 0.421. The highest BCUT2D eigenvalue weighted by atomic mass is 16.5. The maximum atomic E-state index is 12.3. The van der Waals surface area contributed by atoms with Crippen molar-refractivity contribution >= 4 is 11.8 Å². The fourth-order valence-corrected chi connectivity index (χ4v) is 2.45. The second-order valence-corrected chi connectivity index (χ2v) is 6.81. The molecule has 2 aromatic carbocycles. The number of hydrogen-bond donors (Lipinski definition) is 2. The number of carbonyl (C=O) groups excluding carboxylic acids is 2. The number of carbonyl (C=O) groups is 2. The molecular weight excluding hydrogens is 356 g/mol. The van der Waals surface area contributed by atoms with Crippen molar-refractivity contribution in [1.82, 2.24) is 10.9 Å². The van der Waals surface area contributed by atoms with Crippen LogP contribution in [0.1, 0.15) is 37.0 Å². The second-order valence-electron chi connectivity index (χ2n) is 6.81. The van der Waals surface area contributed by atoms with E-state index in [0.717, 1.165) is 16.7 Å². The Morgan fingerprint density at radius 1 is 0.857 bits per heavy atom. The monoisotopic (exact) mass is 384 g/mol. The Balaban J connectivity index is 1.86. The SMILES string of the molecule is CCC(Oc1ccc(C)cc1)C(=O)NNC(=O)C(C)Oc1ccc(C)c(C)c1. The van der Waals surface area contributed by atoms with E-state index in [9.17, 15) is 9.59 Å². The summed E-state index contributed by atoms with van der Waals surface area (Å²) in [6, 6.07) is 13.1. The quantitative estimate of drug-likeness (QED) is 0.718. The number of ether oxygens (including phenoxy) is 2. The van der Waals surface area contributed by atoms with E-state index in [1.165, 1.54) is 0 Å². The molecule has 0 aliphatic carbocycles. The van der Waals surface area contributed by atoms with Crippen molar-refractivity contribution in [3.63, 3.8) is 0 Å². The lowest BCUT2D eigenvalue weighted by molar-refractivity contribution is -0.135. The highest BCUT2D eigenvalue weighted by Crippen LogP contribution is 2.18. The van der Waals surface area contributed by atoms with Crippen LogP contribution in [-0.2, 0) is 9.59 Å². The molecule has 2 aromatic rings. The predicted molar refractivity (Wildman–Crippen MR) is 108 cm³/mol. The summed E-state index contributed by atoms with van der Waals surface area (Å²) in [5.41, 5.74) is 8.14. The minimum atomic E-state index is -0.763. The van der Waals surface area contributed by atoms with Crippen LogP contribution in [0, 0.1) is 20.8 Å². The lowest BCUT2D eigenvalue weighted by Crippen LogP contribution is -2.51. The van der Waals surface area contributed by atoms with Gasteiger partial charge in [0.25, 0.3) is 11.8 Å². The molecular formula is C22H28N2O4. The number of rotatable bonds is 7. The molecule has 0 fully saturated rings. The van der Waals surface area contributed by atoms with Crippen molar-refractivity contribution in [3.05, 3.63) is 59.2 Å². The van der Waals surface area contributed by atoms with Gasteiger partial charge in [0.15, 0.2) is 12.2 Å². The van der Waals surface area contributed by atoms with E-state index in [4.69, 9.17) is 9.47 Å². The van der Waals surface area contributed by atoms with Gasteiger partial charge in [-0.3, -0.25) is 20.4 Å². The number of hydrazine groups is 1. The van der Waals surface area contributed by atoms with E-state index in [1.54, 1.807) is 6.92 Å². The van der Waals surface area contributed by atoms with Crippen LogP contribution >= 0.6 is 0 Å². The summed E-state index contributed by atoms with van der Waals surface area (Å²) < 4.78 is 11.3. The van der Waals surface area contributed by atoms with Crippen LogP contribution in [0.3, 0.4) is 0 Å². The van der Waals surface area contributed by atoms with Gasteiger partial charge in [0.05, 0.1) is 0 Å². The molecule has 0 aromatic heterocycles. The molecule has 2 unspecified atom stereocenters. The van der Waals surface area contributed by atoms with Crippen molar-refractivity contribution in [2.45, 2.75) is 53.2 Å². The molecule has 0 aliphatic heterocycles. The normalized spacial score (nSPS) is 12.6. The predicted octanol–water partition coefficient (Wildman–Crippen LogP) is 3.38. The van der Waals surface area contributed by atoms with Crippen LogP contribution in [0.4, 0.5) is 0 Å². The second kappa shape index (κ2) is 9.78. The van der Waals surface area contributed by atoms with Gasteiger partial charge in [-0.15, -0.1) is 0 Å². The Bertz CT molecular complexity index is 818. The third-order valence-corrected chi connectivity index (χ3v) is 4.43. The average molecular weight is 384 g/mol. The van der Waals surface area contributed by atoms with E-state index >= 15 is 0 Å². The van der Waals surface area contributed by atoms with E-state index in [0.29, 0.717) is 17.9 Å². The molecule has 0 saturated heterocycles. The first-order valence-corrected chi connectivity index (χ1v) is 9.37. The molecule has 0 heterocycles. The molecule has 28 heavy (non-hydrogen) atoms. The summed E-state index contributed by atoms with van der Waals surface area (Å²) in [6.07, 6.45) is -1.01. The molecule has 0 saturated carbocycles. The van der Waals surface area contributed by atoms with Crippen LogP contribution in [0.25, 0.3) is 0 Å². The first-order valence-electron chi connectivity index (χ1n) is 9.37. The van der Waals surface area contributed by atoms with Gasteiger partial charge in [0, 0.05) is 0 Å². The maximum absolute atomic E-state index is 12.3. The largest absolute Gasteiger partial charge is 0.481 e. The van der Waals surface area contributed by atoms with Crippen molar-refractivity contribution in [3.8, 4) is 11.5 Å². The molecule has 6 heteroatoms. The molecule has 6 nitrogen and oxygen atoms in total. The van der Waals surface area contributed by atoms with Gasteiger partial charge in [-0.25, -0.2) is 0 Å². The Hall–Kier alpha value is -3.02. The number of aryl methyl sites for hydroxylation is 3. The highest BCUT2D eigenvalue weighted by molar-refractivity contribution is 5.86. The zero-order valence-corrected chi connectivity index (χ0v) is 17.0.